The van der Waals surface area contributed by atoms with Crippen LogP contribution in [0.5, 0.6) is 0 Å². The van der Waals surface area contributed by atoms with Gasteiger partial charge in [0.1, 0.15) is 6.54 Å². The van der Waals surface area contributed by atoms with E-state index in [9.17, 15) is 9.59 Å². The first kappa shape index (κ1) is 19.6. The second-order valence-electron chi connectivity index (χ2n) is 8.14. The van der Waals surface area contributed by atoms with Crippen LogP contribution in [-0.4, -0.2) is 35.8 Å². The summed E-state index contributed by atoms with van der Waals surface area (Å²) in [5.41, 5.74) is 1.98. The lowest BCUT2D eigenvalue weighted by molar-refractivity contribution is -0.123. The van der Waals surface area contributed by atoms with Crippen LogP contribution >= 0.6 is 0 Å². The van der Waals surface area contributed by atoms with E-state index in [4.69, 9.17) is 4.52 Å². The monoisotopic (exact) mass is 406 g/mol. The zero-order valence-corrected chi connectivity index (χ0v) is 17.2. The first-order valence-electron chi connectivity index (χ1n) is 9.51. The number of carbonyl (C=O) groups is 1. The first-order valence-corrected chi connectivity index (χ1v) is 9.51. The molecule has 9 nitrogen and oxygen atoms in total. The van der Waals surface area contributed by atoms with E-state index < -0.39 is 11.2 Å². The number of benzene rings is 1. The number of amides is 1. The normalized spacial score (nSPS) is 11.7. The van der Waals surface area contributed by atoms with Gasteiger partial charge in [-0.05, 0) is 39.8 Å². The SMILES string of the molecule is Cc1ccc(-c2noc(-c3cccn4c(=O)n(CC(=O)NC(C)(C)C)nc34)n2)cc1. The lowest BCUT2D eigenvalue weighted by Gasteiger charge is -2.20. The predicted molar refractivity (Wildman–Crippen MR) is 111 cm³/mol. The Morgan fingerprint density at radius 2 is 1.90 bits per heavy atom. The van der Waals surface area contributed by atoms with E-state index >= 15 is 0 Å². The van der Waals surface area contributed by atoms with Crippen LogP contribution in [0.2, 0.25) is 0 Å². The molecule has 1 N–H and O–H groups in total. The molecule has 9 heteroatoms. The molecule has 0 bridgehead atoms. The highest BCUT2D eigenvalue weighted by Crippen LogP contribution is 2.24. The van der Waals surface area contributed by atoms with Gasteiger partial charge in [0, 0.05) is 17.3 Å². The number of rotatable bonds is 4. The van der Waals surface area contributed by atoms with Crippen molar-refractivity contribution in [3.05, 3.63) is 58.6 Å². The lowest BCUT2D eigenvalue weighted by atomic mass is 10.1. The highest BCUT2D eigenvalue weighted by molar-refractivity contribution is 5.77. The second-order valence-corrected chi connectivity index (χ2v) is 8.14. The highest BCUT2D eigenvalue weighted by Gasteiger charge is 2.20. The van der Waals surface area contributed by atoms with E-state index in [2.05, 4.69) is 20.6 Å². The molecule has 0 aliphatic carbocycles. The standard InChI is InChI=1S/C21H22N6O3/c1-13-7-9-14(10-8-13)17-22-19(30-25-17)15-6-5-11-26-18(15)24-27(20(26)29)12-16(28)23-21(2,3)4/h5-11H,12H2,1-4H3,(H,23,28). The highest BCUT2D eigenvalue weighted by atomic mass is 16.5. The van der Waals surface area contributed by atoms with E-state index in [-0.39, 0.29) is 18.3 Å². The van der Waals surface area contributed by atoms with E-state index in [1.807, 2.05) is 52.0 Å². The molecule has 0 spiro atoms. The number of hydrogen-bond acceptors (Lipinski definition) is 6. The number of carbonyl (C=O) groups excluding carboxylic acids is 1. The molecule has 0 saturated carbocycles. The molecule has 0 unspecified atom stereocenters. The Morgan fingerprint density at radius 1 is 1.17 bits per heavy atom. The van der Waals surface area contributed by atoms with Crippen molar-refractivity contribution in [2.75, 3.05) is 0 Å². The van der Waals surface area contributed by atoms with Gasteiger partial charge in [-0.25, -0.2) is 13.9 Å². The molecule has 0 fully saturated rings. The van der Waals surface area contributed by atoms with E-state index in [0.29, 0.717) is 17.0 Å². The zero-order valence-electron chi connectivity index (χ0n) is 17.2. The molecular weight excluding hydrogens is 384 g/mol. The van der Waals surface area contributed by atoms with Crippen molar-refractivity contribution in [3.63, 3.8) is 0 Å². The molecule has 154 valence electrons. The van der Waals surface area contributed by atoms with Crippen molar-refractivity contribution < 1.29 is 9.32 Å². The van der Waals surface area contributed by atoms with Gasteiger partial charge < -0.3 is 9.84 Å². The van der Waals surface area contributed by atoms with E-state index in [1.54, 1.807) is 18.3 Å². The van der Waals surface area contributed by atoms with Crippen LogP contribution in [0.3, 0.4) is 0 Å². The van der Waals surface area contributed by atoms with Crippen molar-refractivity contribution in [2.24, 2.45) is 0 Å². The number of nitrogens with zero attached hydrogens (tertiary/aromatic N) is 5. The summed E-state index contributed by atoms with van der Waals surface area (Å²) in [6.07, 6.45) is 1.59. The zero-order chi connectivity index (χ0) is 21.5. The van der Waals surface area contributed by atoms with Crippen LogP contribution in [0.4, 0.5) is 0 Å². The van der Waals surface area contributed by atoms with Crippen LogP contribution < -0.4 is 11.0 Å². The Bertz CT molecular complexity index is 1270. The maximum atomic E-state index is 12.7. The van der Waals surface area contributed by atoms with Gasteiger partial charge in [-0.1, -0.05) is 35.0 Å². The number of aromatic nitrogens is 5. The van der Waals surface area contributed by atoms with Crippen molar-refractivity contribution in [1.82, 2.24) is 29.6 Å². The summed E-state index contributed by atoms with van der Waals surface area (Å²) < 4.78 is 7.91. The summed E-state index contributed by atoms with van der Waals surface area (Å²) in [5.74, 6) is 0.389. The molecule has 30 heavy (non-hydrogen) atoms. The summed E-state index contributed by atoms with van der Waals surface area (Å²) in [5, 5.41) is 11.2. The molecule has 0 aliphatic heterocycles. The van der Waals surface area contributed by atoms with Gasteiger partial charge >= 0.3 is 5.69 Å². The predicted octanol–water partition coefficient (Wildman–Crippen LogP) is 2.44. The Hall–Kier alpha value is -3.75. The van der Waals surface area contributed by atoms with E-state index in [1.165, 1.54) is 4.40 Å². The fourth-order valence-electron chi connectivity index (χ4n) is 3.05. The second kappa shape index (κ2) is 7.25. The maximum absolute atomic E-state index is 12.7. The molecule has 0 aliphatic rings. The molecule has 3 aromatic heterocycles. The summed E-state index contributed by atoms with van der Waals surface area (Å²) in [4.78, 5) is 29.4. The number of pyridine rings is 1. The minimum absolute atomic E-state index is 0.185. The molecule has 4 aromatic rings. The van der Waals surface area contributed by atoms with Crippen LogP contribution in [0, 0.1) is 6.92 Å². The summed E-state index contributed by atoms with van der Waals surface area (Å²) >= 11 is 0. The Morgan fingerprint density at radius 3 is 2.60 bits per heavy atom. The van der Waals surface area contributed by atoms with Crippen molar-refractivity contribution >= 4 is 11.6 Å². The third-order valence-electron chi connectivity index (χ3n) is 4.38. The molecule has 0 saturated heterocycles. The molecule has 1 aromatic carbocycles. The summed E-state index contributed by atoms with van der Waals surface area (Å²) in [6.45, 7) is 7.43. The minimum Gasteiger partial charge on any atom is -0.350 e. The van der Waals surface area contributed by atoms with Crippen LogP contribution in [0.15, 0.2) is 51.9 Å². The lowest BCUT2D eigenvalue weighted by Crippen LogP contribution is -2.43. The van der Waals surface area contributed by atoms with Crippen molar-refractivity contribution in [3.8, 4) is 22.8 Å². The van der Waals surface area contributed by atoms with Gasteiger partial charge in [0.25, 0.3) is 5.89 Å². The minimum atomic E-state index is -0.422. The van der Waals surface area contributed by atoms with Crippen LogP contribution in [-0.2, 0) is 11.3 Å². The van der Waals surface area contributed by atoms with Crippen LogP contribution in [0.1, 0.15) is 26.3 Å². The third-order valence-corrected chi connectivity index (χ3v) is 4.38. The van der Waals surface area contributed by atoms with Gasteiger partial charge in [-0.3, -0.25) is 4.79 Å². The fraction of sp³-hybridized carbons (Fsp3) is 0.286. The summed E-state index contributed by atoms with van der Waals surface area (Å²) in [7, 11) is 0. The van der Waals surface area contributed by atoms with Gasteiger partial charge in [-0.15, -0.1) is 5.10 Å². The Labute approximate surface area is 172 Å². The largest absolute Gasteiger partial charge is 0.350 e. The number of aryl methyl sites for hydroxylation is 1. The fourth-order valence-corrected chi connectivity index (χ4v) is 3.05. The first-order chi connectivity index (χ1) is 14.2. The third kappa shape index (κ3) is 3.86. The van der Waals surface area contributed by atoms with Gasteiger partial charge in [0.15, 0.2) is 5.65 Å². The Balaban J connectivity index is 1.70. The quantitative estimate of drug-likeness (QED) is 0.558. The Kier molecular flexibility index (Phi) is 4.73. The molecule has 3 heterocycles. The molecule has 0 radical (unpaired) electrons. The van der Waals surface area contributed by atoms with Gasteiger partial charge in [0.05, 0.1) is 5.56 Å². The number of fused-ring (bicyclic) bond motifs is 1. The summed E-state index contributed by atoms with van der Waals surface area (Å²) in [6, 6.07) is 11.2. The average Bonchev–Trinajstić information content (AvgIpc) is 3.27. The number of hydrogen-bond donors (Lipinski definition) is 1. The molecular formula is C21H22N6O3. The molecule has 4 rings (SSSR count). The van der Waals surface area contributed by atoms with E-state index in [0.717, 1.165) is 15.8 Å². The molecule has 1 amide bonds. The van der Waals surface area contributed by atoms with Gasteiger partial charge in [-0.2, -0.15) is 4.98 Å². The average molecular weight is 406 g/mol. The van der Waals surface area contributed by atoms with Crippen molar-refractivity contribution in [2.45, 2.75) is 39.8 Å². The van der Waals surface area contributed by atoms with Gasteiger partial charge in [0.2, 0.25) is 11.7 Å². The number of nitrogens with one attached hydrogen (secondary N) is 1. The molecule has 0 atom stereocenters. The van der Waals surface area contributed by atoms with Crippen LogP contribution in [0.25, 0.3) is 28.5 Å². The maximum Gasteiger partial charge on any atom is 0.350 e. The topological polar surface area (TPSA) is 107 Å². The smallest absolute Gasteiger partial charge is 0.350 e. The van der Waals surface area contributed by atoms with Crippen molar-refractivity contribution in [1.29, 1.82) is 0 Å².